The Morgan fingerprint density at radius 3 is 2.19 bits per heavy atom. The molecule has 92 valence electrons. The highest BCUT2D eigenvalue weighted by molar-refractivity contribution is 5.66. The van der Waals surface area contributed by atoms with E-state index in [1.54, 1.807) is 0 Å². The van der Waals surface area contributed by atoms with Gasteiger partial charge in [0.15, 0.2) is 6.10 Å². The molecule has 0 aromatic rings. The molecule has 0 radical (unpaired) electrons. The summed E-state index contributed by atoms with van der Waals surface area (Å²) in [5.74, 6) is -12.3. The highest BCUT2D eigenvalue weighted by Crippen LogP contribution is 2.70. The van der Waals surface area contributed by atoms with Gasteiger partial charge in [0.05, 0.1) is 18.4 Å². The van der Waals surface area contributed by atoms with Gasteiger partial charge in [0.1, 0.15) is 0 Å². The van der Waals surface area contributed by atoms with E-state index in [1.165, 1.54) is 0 Å². The second kappa shape index (κ2) is 3.09. The van der Waals surface area contributed by atoms with Gasteiger partial charge in [-0.2, -0.15) is 0 Å². The number of hydrogen-bond donors (Lipinski definition) is 1. The van der Waals surface area contributed by atoms with Crippen LogP contribution in [0, 0.1) is 17.8 Å². The summed E-state index contributed by atoms with van der Waals surface area (Å²) in [7, 11) is 0. The first-order chi connectivity index (χ1) is 7.24. The molecule has 0 amide bonds. The minimum absolute atomic E-state index is 0.836. The van der Waals surface area contributed by atoms with Crippen LogP contribution in [0.5, 0.6) is 0 Å². The van der Waals surface area contributed by atoms with Crippen LogP contribution >= 0.6 is 0 Å². The molecule has 1 N–H and O–H groups in total. The molecule has 3 nitrogen and oxygen atoms in total. The van der Waals surface area contributed by atoms with Crippen molar-refractivity contribution in [2.45, 2.75) is 24.9 Å². The lowest BCUT2D eigenvalue weighted by atomic mass is 10.2. The minimum atomic E-state index is -3.40. The predicted molar refractivity (Wildman–Crippen MR) is 43.0 cm³/mol. The van der Waals surface area contributed by atoms with Crippen LogP contribution in [0.25, 0.3) is 0 Å². The van der Waals surface area contributed by atoms with Crippen molar-refractivity contribution in [1.29, 1.82) is 0 Å². The fourth-order valence-electron chi connectivity index (χ4n) is 2.22. The summed E-state index contributed by atoms with van der Waals surface area (Å²) in [6, 6.07) is 0. The van der Waals surface area contributed by atoms with Gasteiger partial charge in [-0.15, -0.1) is 0 Å². The van der Waals surface area contributed by atoms with Crippen molar-refractivity contribution in [3.05, 3.63) is 0 Å². The largest absolute Gasteiger partial charge is 0.456 e. The number of carbonyl (C=O) groups is 1. The number of rotatable bonds is 3. The Bertz CT molecular complexity index is 331. The van der Waals surface area contributed by atoms with E-state index < -0.39 is 48.3 Å². The van der Waals surface area contributed by atoms with Crippen LogP contribution in [0.1, 0.15) is 6.92 Å². The van der Waals surface area contributed by atoms with Gasteiger partial charge >= 0.3 is 5.97 Å². The van der Waals surface area contributed by atoms with E-state index in [4.69, 9.17) is 5.11 Å². The summed E-state index contributed by atoms with van der Waals surface area (Å²) < 4.78 is 56.4. The third kappa shape index (κ3) is 1.41. The fraction of sp³-hybridized carbons (Fsp3) is 0.889. The molecule has 0 saturated heterocycles. The Balaban J connectivity index is 2.06. The lowest BCUT2D eigenvalue weighted by Gasteiger charge is -1.97. The molecule has 2 rings (SSSR count). The zero-order chi connectivity index (χ0) is 12.3. The first-order valence-electron chi connectivity index (χ1n) is 4.78. The second-order valence-electron chi connectivity index (χ2n) is 4.22. The maximum atomic E-state index is 13.1. The summed E-state index contributed by atoms with van der Waals surface area (Å²) in [5, 5.41) is 8.59. The van der Waals surface area contributed by atoms with Crippen LogP contribution < -0.4 is 0 Å². The Labute approximate surface area is 88.4 Å². The quantitative estimate of drug-likeness (QED) is 0.594. The molecule has 0 unspecified atom stereocenters. The van der Waals surface area contributed by atoms with Crippen molar-refractivity contribution in [2.24, 2.45) is 17.8 Å². The van der Waals surface area contributed by atoms with Gasteiger partial charge in [-0.05, 0) is 0 Å². The van der Waals surface area contributed by atoms with Gasteiger partial charge in [0, 0.05) is 12.8 Å². The standard InChI is InChI=1S/C9H10F4O3/c1-3(15)16-7-6(9(7,12)13)5-4(2-14)8(5,10)11/h4-7,14H,2H2,1H3/t4-,5+,6+,7+/m0/s1. The van der Waals surface area contributed by atoms with E-state index in [0.29, 0.717) is 0 Å². The van der Waals surface area contributed by atoms with E-state index in [-0.39, 0.29) is 0 Å². The first-order valence-corrected chi connectivity index (χ1v) is 4.78. The number of hydrogen-bond acceptors (Lipinski definition) is 3. The Hall–Kier alpha value is -0.850. The topological polar surface area (TPSA) is 46.5 Å². The maximum Gasteiger partial charge on any atom is 0.303 e. The van der Waals surface area contributed by atoms with E-state index in [1.807, 2.05) is 0 Å². The molecule has 0 heterocycles. The summed E-state index contributed by atoms with van der Waals surface area (Å²) >= 11 is 0. The number of halogens is 4. The minimum Gasteiger partial charge on any atom is -0.456 e. The van der Waals surface area contributed by atoms with Crippen molar-refractivity contribution in [1.82, 2.24) is 0 Å². The Morgan fingerprint density at radius 1 is 1.25 bits per heavy atom. The monoisotopic (exact) mass is 242 g/mol. The predicted octanol–water partition coefficient (Wildman–Crippen LogP) is 1.06. The number of alkyl halides is 4. The van der Waals surface area contributed by atoms with Gasteiger partial charge in [-0.1, -0.05) is 0 Å². The molecule has 0 aliphatic heterocycles. The highest BCUT2D eigenvalue weighted by Gasteiger charge is 2.86. The molecule has 2 saturated carbocycles. The van der Waals surface area contributed by atoms with E-state index >= 15 is 0 Å². The normalized spacial score (nSPS) is 42.6. The fourth-order valence-corrected chi connectivity index (χ4v) is 2.22. The molecule has 2 fully saturated rings. The lowest BCUT2D eigenvalue weighted by molar-refractivity contribution is -0.145. The molecule has 0 aromatic heterocycles. The van der Waals surface area contributed by atoms with Gasteiger partial charge in [-0.25, -0.2) is 17.6 Å². The molecule has 4 atom stereocenters. The first kappa shape index (κ1) is 11.6. The van der Waals surface area contributed by atoms with Crippen molar-refractivity contribution in [2.75, 3.05) is 6.61 Å². The molecular weight excluding hydrogens is 232 g/mol. The average molecular weight is 242 g/mol. The highest BCUT2D eigenvalue weighted by atomic mass is 19.3. The Morgan fingerprint density at radius 2 is 1.81 bits per heavy atom. The van der Waals surface area contributed by atoms with Crippen LogP contribution in [0.15, 0.2) is 0 Å². The van der Waals surface area contributed by atoms with E-state index in [0.717, 1.165) is 6.92 Å². The Kier molecular flexibility index (Phi) is 2.24. The van der Waals surface area contributed by atoms with Crippen LogP contribution in [-0.4, -0.2) is 35.6 Å². The maximum absolute atomic E-state index is 13.1. The summed E-state index contributed by atoms with van der Waals surface area (Å²) in [4.78, 5) is 10.5. The summed E-state index contributed by atoms with van der Waals surface area (Å²) in [5.41, 5.74) is 0. The number of esters is 1. The van der Waals surface area contributed by atoms with Crippen molar-refractivity contribution >= 4 is 5.97 Å². The molecule has 2 aliphatic rings. The number of carbonyl (C=O) groups excluding carboxylic acids is 1. The molecular formula is C9H10F4O3. The van der Waals surface area contributed by atoms with Crippen molar-refractivity contribution < 1.29 is 32.2 Å². The average Bonchev–Trinajstić information content (AvgIpc) is 2.84. The van der Waals surface area contributed by atoms with Gasteiger partial charge in [0.25, 0.3) is 11.8 Å². The number of aliphatic hydroxyl groups is 1. The third-order valence-electron chi connectivity index (χ3n) is 3.18. The molecule has 2 aliphatic carbocycles. The molecule has 0 bridgehead atoms. The third-order valence-corrected chi connectivity index (χ3v) is 3.18. The van der Waals surface area contributed by atoms with E-state index in [2.05, 4.69) is 4.74 Å². The lowest BCUT2D eigenvalue weighted by Crippen LogP contribution is -2.07. The van der Waals surface area contributed by atoms with Gasteiger partial charge in [-0.3, -0.25) is 4.79 Å². The van der Waals surface area contributed by atoms with Gasteiger partial charge in [0.2, 0.25) is 0 Å². The summed E-state index contributed by atoms with van der Waals surface area (Å²) in [6.45, 7) is 0.108. The zero-order valence-corrected chi connectivity index (χ0v) is 8.29. The van der Waals surface area contributed by atoms with Crippen molar-refractivity contribution in [3.8, 4) is 0 Å². The van der Waals surface area contributed by atoms with E-state index in [9.17, 15) is 22.4 Å². The number of aliphatic hydroxyl groups excluding tert-OH is 1. The SMILES string of the molecule is CC(=O)O[C@@H]1[C@@H]([C@H]2[C@H](CO)C2(F)F)C1(F)F. The van der Waals surface area contributed by atoms with Crippen molar-refractivity contribution in [3.63, 3.8) is 0 Å². The van der Waals surface area contributed by atoms with Gasteiger partial charge < -0.3 is 9.84 Å². The van der Waals surface area contributed by atoms with Crippen LogP contribution in [-0.2, 0) is 9.53 Å². The smallest absolute Gasteiger partial charge is 0.303 e. The van der Waals surface area contributed by atoms with Crippen LogP contribution in [0.2, 0.25) is 0 Å². The molecule has 0 spiro atoms. The zero-order valence-electron chi connectivity index (χ0n) is 8.29. The number of ether oxygens (including phenoxy) is 1. The van der Waals surface area contributed by atoms with Crippen LogP contribution in [0.4, 0.5) is 17.6 Å². The molecule has 0 aromatic carbocycles. The molecule has 7 heteroatoms. The molecule has 16 heavy (non-hydrogen) atoms. The van der Waals surface area contributed by atoms with Crippen LogP contribution in [0.3, 0.4) is 0 Å². The summed E-state index contributed by atoms with van der Waals surface area (Å²) in [6.07, 6.45) is -1.77. The second-order valence-corrected chi connectivity index (χ2v) is 4.22.